The predicted octanol–water partition coefficient (Wildman–Crippen LogP) is -5.09. The SMILES string of the molecule is O=C(OC[C@H]1O[C@H](O[C@]2(CO)O[C@H](CO)[C@@H](O)[C@@H]2O)[C@H](O)[C@@H](O)[C@@H]1O)[C@@H]1CCCN1. The Morgan fingerprint density at radius 3 is 2.33 bits per heavy atom. The summed E-state index contributed by atoms with van der Waals surface area (Å²) in [5.41, 5.74) is 0. The van der Waals surface area contributed by atoms with Gasteiger partial charge in [0.1, 0.15) is 62.0 Å². The zero-order valence-corrected chi connectivity index (χ0v) is 16.1. The van der Waals surface area contributed by atoms with Crippen molar-refractivity contribution >= 4 is 5.97 Å². The lowest BCUT2D eigenvalue weighted by molar-refractivity contribution is -0.383. The van der Waals surface area contributed by atoms with Gasteiger partial charge in [0.2, 0.25) is 5.79 Å². The average Bonchev–Trinajstić information content (AvgIpc) is 3.36. The van der Waals surface area contributed by atoms with Gasteiger partial charge in [0.05, 0.1) is 6.61 Å². The molecule has 3 heterocycles. The van der Waals surface area contributed by atoms with E-state index >= 15 is 0 Å². The predicted molar refractivity (Wildman–Crippen MR) is 93.5 cm³/mol. The van der Waals surface area contributed by atoms with Gasteiger partial charge in [-0.05, 0) is 19.4 Å². The topological polar surface area (TPSA) is 208 Å². The Morgan fingerprint density at radius 1 is 1.03 bits per heavy atom. The summed E-state index contributed by atoms with van der Waals surface area (Å²) in [6.45, 7) is -1.46. The Hall–Kier alpha value is -0.970. The number of aliphatic hydroxyl groups is 7. The monoisotopic (exact) mass is 439 g/mol. The Labute approximate surface area is 171 Å². The van der Waals surface area contributed by atoms with Gasteiger partial charge in [-0.25, -0.2) is 0 Å². The summed E-state index contributed by atoms with van der Waals surface area (Å²) >= 11 is 0. The van der Waals surface area contributed by atoms with Crippen molar-refractivity contribution < 1.29 is 59.5 Å². The zero-order chi connectivity index (χ0) is 22.1. The maximum absolute atomic E-state index is 12.0. The van der Waals surface area contributed by atoms with Gasteiger partial charge in [-0.1, -0.05) is 0 Å². The van der Waals surface area contributed by atoms with Crippen LogP contribution in [0.25, 0.3) is 0 Å². The van der Waals surface area contributed by atoms with Crippen molar-refractivity contribution in [1.29, 1.82) is 0 Å². The summed E-state index contributed by atoms with van der Waals surface area (Å²) in [5.74, 6) is -2.83. The number of esters is 1. The molecular weight excluding hydrogens is 410 g/mol. The van der Waals surface area contributed by atoms with E-state index in [1.807, 2.05) is 0 Å². The molecule has 13 nitrogen and oxygen atoms in total. The lowest BCUT2D eigenvalue weighted by atomic mass is 9.99. The fraction of sp³-hybridized carbons (Fsp3) is 0.941. The summed E-state index contributed by atoms with van der Waals surface area (Å²) in [7, 11) is 0. The Morgan fingerprint density at radius 2 is 1.77 bits per heavy atom. The van der Waals surface area contributed by atoms with Crippen LogP contribution in [0.3, 0.4) is 0 Å². The quantitative estimate of drug-likeness (QED) is 0.175. The molecule has 3 saturated heterocycles. The summed E-state index contributed by atoms with van der Waals surface area (Å²) in [6.07, 6.45) is -11.5. The molecule has 0 spiro atoms. The van der Waals surface area contributed by atoms with E-state index in [0.717, 1.165) is 6.42 Å². The molecule has 3 rings (SSSR count). The van der Waals surface area contributed by atoms with E-state index in [-0.39, 0.29) is 0 Å². The highest BCUT2D eigenvalue weighted by molar-refractivity contribution is 5.76. The highest BCUT2D eigenvalue weighted by Gasteiger charge is 2.58. The molecule has 0 amide bonds. The Bertz CT molecular complexity index is 589. The summed E-state index contributed by atoms with van der Waals surface area (Å²) < 4.78 is 21.2. The number of aliphatic hydroxyl groups excluding tert-OH is 7. The number of hydrogen-bond acceptors (Lipinski definition) is 13. The molecule has 0 aliphatic carbocycles. The first-order valence-electron chi connectivity index (χ1n) is 9.77. The first-order valence-corrected chi connectivity index (χ1v) is 9.77. The van der Waals surface area contributed by atoms with Crippen molar-refractivity contribution in [2.45, 2.75) is 73.7 Å². The van der Waals surface area contributed by atoms with Crippen molar-refractivity contribution in [1.82, 2.24) is 5.32 Å². The largest absolute Gasteiger partial charge is 0.462 e. The van der Waals surface area contributed by atoms with Gasteiger partial charge < -0.3 is 60.0 Å². The molecule has 174 valence electrons. The number of carbonyl (C=O) groups is 1. The smallest absolute Gasteiger partial charge is 0.323 e. The van der Waals surface area contributed by atoms with Gasteiger partial charge in [-0.2, -0.15) is 0 Å². The van der Waals surface area contributed by atoms with E-state index in [1.165, 1.54) is 0 Å². The molecule has 0 aromatic rings. The third kappa shape index (κ3) is 4.47. The van der Waals surface area contributed by atoms with Gasteiger partial charge in [0, 0.05) is 0 Å². The first-order chi connectivity index (χ1) is 14.2. The van der Waals surface area contributed by atoms with E-state index in [9.17, 15) is 40.5 Å². The highest BCUT2D eigenvalue weighted by atomic mass is 16.8. The molecule has 30 heavy (non-hydrogen) atoms. The average molecular weight is 439 g/mol. The molecule has 3 aliphatic rings. The van der Waals surface area contributed by atoms with Crippen molar-refractivity contribution in [3.05, 3.63) is 0 Å². The fourth-order valence-electron chi connectivity index (χ4n) is 3.77. The molecule has 0 saturated carbocycles. The van der Waals surface area contributed by atoms with Gasteiger partial charge in [0.25, 0.3) is 0 Å². The van der Waals surface area contributed by atoms with E-state index in [2.05, 4.69) is 5.32 Å². The molecule has 8 N–H and O–H groups in total. The number of rotatable bonds is 7. The van der Waals surface area contributed by atoms with Crippen LogP contribution in [0.2, 0.25) is 0 Å². The van der Waals surface area contributed by atoms with Crippen LogP contribution in [0.1, 0.15) is 12.8 Å². The second-order valence-electron chi connectivity index (χ2n) is 7.66. The minimum Gasteiger partial charge on any atom is -0.462 e. The number of nitrogens with one attached hydrogen (secondary N) is 1. The highest BCUT2D eigenvalue weighted by Crippen LogP contribution is 2.36. The van der Waals surface area contributed by atoms with Gasteiger partial charge in [-0.15, -0.1) is 0 Å². The van der Waals surface area contributed by atoms with Crippen molar-refractivity contribution in [2.75, 3.05) is 26.4 Å². The minimum atomic E-state index is -2.27. The molecule has 10 atom stereocenters. The standard InChI is InChI=1S/C17H29NO12/c19-4-8-11(22)14(25)17(6-20,29-8)30-16-13(24)12(23)10(21)9(28-16)5-27-15(26)7-2-1-3-18-7/h7-14,16,18-25H,1-6H2/t7-,8+,9+,10+,11+,12-,13+,14-,16+,17-/m0/s1. The number of carbonyl (C=O) groups excluding carboxylic acids is 1. The maximum atomic E-state index is 12.0. The fourth-order valence-corrected chi connectivity index (χ4v) is 3.77. The first kappa shape index (κ1) is 23.7. The molecule has 13 heteroatoms. The van der Waals surface area contributed by atoms with E-state index in [4.69, 9.17) is 18.9 Å². The van der Waals surface area contributed by atoms with Gasteiger partial charge >= 0.3 is 5.97 Å². The van der Waals surface area contributed by atoms with Crippen LogP contribution in [0.4, 0.5) is 0 Å². The van der Waals surface area contributed by atoms with Crippen LogP contribution < -0.4 is 5.32 Å². The van der Waals surface area contributed by atoms with Crippen LogP contribution in [-0.2, 0) is 23.7 Å². The lowest BCUT2D eigenvalue weighted by Crippen LogP contribution is -2.63. The Balaban J connectivity index is 1.67. The minimum absolute atomic E-state index is 0.459. The lowest BCUT2D eigenvalue weighted by Gasteiger charge is -2.43. The maximum Gasteiger partial charge on any atom is 0.323 e. The summed E-state index contributed by atoms with van der Waals surface area (Å²) in [4.78, 5) is 12.0. The van der Waals surface area contributed by atoms with Gasteiger partial charge in [0.15, 0.2) is 6.29 Å². The van der Waals surface area contributed by atoms with Crippen LogP contribution >= 0.6 is 0 Å². The van der Waals surface area contributed by atoms with E-state index in [1.54, 1.807) is 0 Å². The zero-order valence-electron chi connectivity index (χ0n) is 16.1. The normalized spacial score (nSPS) is 46.8. The van der Waals surface area contributed by atoms with E-state index in [0.29, 0.717) is 13.0 Å². The second kappa shape index (κ2) is 9.67. The van der Waals surface area contributed by atoms with Gasteiger partial charge in [-0.3, -0.25) is 4.79 Å². The number of ether oxygens (including phenoxy) is 4. The molecular formula is C17H29NO12. The summed E-state index contributed by atoms with van der Waals surface area (Å²) in [5, 5.41) is 72.5. The molecule has 0 aromatic heterocycles. The molecule has 0 radical (unpaired) electrons. The molecule has 0 aromatic carbocycles. The van der Waals surface area contributed by atoms with Crippen LogP contribution in [0.15, 0.2) is 0 Å². The number of hydrogen-bond donors (Lipinski definition) is 8. The van der Waals surface area contributed by atoms with E-state index < -0.39 is 86.6 Å². The molecule has 3 fully saturated rings. The third-order valence-corrected chi connectivity index (χ3v) is 5.63. The van der Waals surface area contributed by atoms with Crippen molar-refractivity contribution in [3.8, 4) is 0 Å². The van der Waals surface area contributed by atoms with Crippen LogP contribution in [0.5, 0.6) is 0 Å². The van der Waals surface area contributed by atoms with Crippen molar-refractivity contribution in [2.24, 2.45) is 0 Å². The molecule has 0 unspecified atom stereocenters. The van der Waals surface area contributed by atoms with Crippen molar-refractivity contribution in [3.63, 3.8) is 0 Å². The molecule has 3 aliphatic heterocycles. The summed E-state index contributed by atoms with van der Waals surface area (Å²) in [6, 6.07) is -0.482. The molecule has 0 bridgehead atoms. The third-order valence-electron chi connectivity index (χ3n) is 5.63. The Kier molecular flexibility index (Phi) is 7.63. The van der Waals surface area contributed by atoms with Crippen LogP contribution in [0, 0.1) is 0 Å². The second-order valence-corrected chi connectivity index (χ2v) is 7.66. The van der Waals surface area contributed by atoms with Crippen LogP contribution in [-0.4, -0.2) is 129 Å².